The van der Waals surface area contributed by atoms with Gasteiger partial charge in [0.2, 0.25) is 0 Å². The average molecular weight is 318 g/mol. The molecule has 1 aromatic rings. The van der Waals surface area contributed by atoms with E-state index in [4.69, 9.17) is 5.73 Å². The van der Waals surface area contributed by atoms with E-state index in [1.54, 1.807) is 0 Å². The second kappa shape index (κ2) is 8.81. The molecule has 0 spiro atoms. The van der Waals surface area contributed by atoms with Gasteiger partial charge in [0.1, 0.15) is 0 Å². The van der Waals surface area contributed by atoms with Crippen molar-refractivity contribution in [3.05, 3.63) is 35.4 Å². The summed E-state index contributed by atoms with van der Waals surface area (Å²) in [6.45, 7) is 10.9. The number of rotatable bonds is 8. The molecule has 1 saturated heterocycles. The summed E-state index contributed by atoms with van der Waals surface area (Å²) in [5.74, 6) is 0.718. The fourth-order valence-electron chi connectivity index (χ4n) is 3.49. The highest BCUT2D eigenvalue weighted by molar-refractivity contribution is 5.25. The average Bonchev–Trinajstić information content (AvgIpc) is 3.00. The molecule has 0 radical (unpaired) electrons. The van der Waals surface area contributed by atoms with E-state index in [0.29, 0.717) is 12.1 Å². The molecular formula is C20H35N3. The van der Waals surface area contributed by atoms with Crippen LogP contribution in [0, 0.1) is 5.92 Å². The fourth-order valence-corrected chi connectivity index (χ4v) is 3.49. The maximum absolute atomic E-state index is 5.92. The molecule has 0 aliphatic carbocycles. The van der Waals surface area contributed by atoms with Crippen LogP contribution in [0.25, 0.3) is 0 Å². The highest BCUT2D eigenvalue weighted by atomic mass is 15.2. The number of likely N-dealkylation sites (tertiary alicyclic amines) is 1. The lowest BCUT2D eigenvalue weighted by Gasteiger charge is -2.30. The van der Waals surface area contributed by atoms with Crippen LogP contribution in [0.5, 0.6) is 0 Å². The van der Waals surface area contributed by atoms with Gasteiger partial charge in [-0.3, -0.25) is 9.80 Å². The Balaban J connectivity index is 2.02. The Hall–Kier alpha value is -0.900. The fraction of sp³-hybridized carbons (Fsp3) is 0.700. The molecular weight excluding hydrogens is 282 g/mol. The van der Waals surface area contributed by atoms with Crippen LogP contribution in [0.2, 0.25) is 0 Å². The van der Waals surface area contributed by atoms with Gasteiger partial charge in [0, 0.05) is 31.7 Å². The van der Waals surface area contributed by atoms with Crippen molar-refractivity contribution in [3.63, 3.8) is 0 Å². The predicted octanol–water partition coefficient (Wildman–Crippen LogP) is 3.65. The topological polar surface area (TPSA) is 32.5 Å². The maximum Gasteiger partial charge on any atom is 0.0345 e. The first-order chi connectivity index (χ1) is 11.0. The monoisotopic (exact) mass is 317 g/mol. The van der Waals surface area contributed by atoms with Gasteiger partial charge in [-0.15, -0.1) is 0 Å². The van der Waals surface area contributed by atoms with E-state index in [-0.39, 0.29) is 0 Å². The number of benzene rings is 1. The van der Waals surface area contributed by atoms with Gasteiger partial charge in [0.25, 0.3) is 0 Å². The highest BCUT2D eigenvalue weighted by Crippen LogP contribution is 2.30. The lowest BCUT2D eigenvalue weighted by molar-refractivity contribution is 0.175. The first kappa shape index (κ1) is 18.4. The summed E-state index contributed by atoms with van der Waals surface area (Å²) in [5, 5.41) is 0. The summed E-state index contributed by atoms with van der Waals surface area (Å²) in [5.41, 5.74) is 8.79. The zero-order chi connectivity index (χ0) is 16.8. The molecule has 130 valence electrons. The minimum atomic E-state index is 0.435. The molecule has 0 aromatic heterocycles. The van der Waals surface area contributed by atoms with Crippen LogP contribution in [-0.4, -0.2) is 42.5 Å². The standard InChI is InChI=1S/C20H35N3/c1-5-16(2)14-23(17(3)13-21)15-18-8-10-19(11-9-18)20-7-6-12-22(20)4/h8-11,16-17,20H,5-7,12-15,21H2,1-4H3. The van der Waals surface area contributed by atoms with Gasteiger partial charge < -0.3 is 5.73 Å². The smallest absolute Gasteiger partial charge is 0.0345 e. The van der Waals surface area contributed by atoms with Crippen molar-refractivity contribution >= 4 is 0 Å². The van der Waals surface area contributed by atoms with E-state index in [1.807, 2.05) is 0 Å². The maximum atomic E-state index is 5.92. The Morgan fingerprint density at radius 3 is 2.48 bits per heavy atom. The van der Waals surface area contributed by atoms with Crippen molar-refractivity contribution in [3.8, 4) is 0 Å². The van der Waals surface area contributed by atoms with Crippen molar-refractivity contribution in [2.24, 2.45) is 11.7 Å². The van der Waals surface area contributed by atoms with Crippen LogP contribution in [-0.2, 0) is 6.54 Å². The Bertz CT molecular complexity index is 456. The summed E-state index contributed by atoms with van der Waals surface area (Å²) in [6, 6.07) is 10.3. The van der Waals surface area contributed by atoms with E-state index in [1.165, 1.54) is 36.9 Å². The van der Waals surface area contributed by atoms with E-state index < -0.39 is 0 Å². The van der Waals surface area contributed by atoms with Gasteiger partial charge in [0.15, 0.2) is 0 Å². The van der Waals surface area contributed by atoms with Gasteiger partial charge in [-0.1, -0.05) is 44.5 Å². The molecule has 1 heterocycles. The second-order valence-corrected chi connectivity index (χ2v) is 7.41. The third-order valence-corrected chi connectivity index (χ3v) is 5.48. The van der Waals surface area contributed by atoms with E-state index >= 15 is 0 Å². The van der Waals surface area contributed by atoms with Crippen LogP contribution in [0.15, 0.2) is 24.3 Å². The van der Waals surface area contributed by atoms with Crippen LogP contribution in [0.1, 0.15) is 57.2 Å². The van der Waals surface area contributed by atoms with E-state index in [9.17, 15) is 0 Å². The highest BCUT2D eigenvalue weighted by Gasteiger charge is 2.22. The normalized spacial score (nSPS) is 21.7. The minimum absolute atomic E-state index is 0.435. The van der Waals surface area contributed by atoms with Crippen LogP contribution < -0.4 is 5.73 Å². The van der Waals surface area contributed by atoms with Crippen molar-refractivity contribution in [1.82, 2.24) is 9.80 Å². The van der Waals surface area contributed by atoms with Gasteiger partial charge in [-0.2, -0.15) is 0 Å². The number of nitrogens with zero attached hydrogens (tertiary/aromatic N) is 2. The van der Waals surface area contributed by atoms with E-state index in [2.05, 4.69) is 61.9 Å². The second-order valence-electron chi connectivity index (χ2n) is 7.41. The minimum Gasteiger partial charge on any atom is -0.329 e. The molecule has 3 heteroatoms. The molecule has 1 aromatic carbocycles. The molecule has 3 nitrogen and oxygen atoms in total. The summed E-state index contributed by atoms with van der Waals surface area (Å²) >= 11 is 0. The lowest BCUT2D eigenvalue weighted by atomic mass is 10.0. The lowest BCUT2D eigenvalue weighted by Crippen LogP contribution is -2.40. The summed E-state index contributed by atoms with van der Waals surface area (Å²) in [6.07, 6.45) is 3.83. The quantitative estimate of drug-likeness (QED) is 0.794. The molecule has 1 aliphatic rings. The van der Waals surface area contributed by atoms with Crippen LogP contribution >= 0.6 is 0 Å². The SMILES string of the molecule is CCC(C)CN(Cc1ccc(C2CCCN2C)cc1)C(C)CN. The van der Waals surface area contributed by atoms with Crippen molar-refractivity contribution in [2.45, 2.75) is 58.7 Å². The Kier molecular flexibility index (Phi) is 7.07. The van der Waals surface area contributed by atoms with Gasteiger partial charge in [0.05, 0.1) is 0 Å². The number of hydrogen-bond acceptors (Lipinski definition) is 3. The first-order valence-electron chi connectivity index (χ1n) is 9.28. The van der Waals surface area contributed by atoms with Crippen LogP contribution in [0.3, 0.4) is 0 Å². The molecule has 1 fully saturated rings. The first-order valence-corrected chi connectivity index (χ1v) is 9.28. The Morgan fingerprint density at radius 2 is 1.96 bits per heavy atom. The van der Waals surface area contributed by atoms with Crippen molar-refractivity contribution in [1.29, 1.82) is 0 Å². The van der Waals surface area contributed by atoms with E-state index in [0.717, 1.165) is 25.6 Å². The Labute approximate surface area is 142 Å². The third kappa shape index (κ3) is 5.03. The summed E-state index contributed by atoms with van der Waals surface area (Å²) in [4.78, 5) is 5.01. The van der Waals surface area contributed by atoms with Gasteiger partial charge >= 0.3 is 0 Å². The van der Waals surface area contributed by atoms with Gasteiger partial charge in [-0.25, -0.2) is 0 Å². The van der Waals surface area contributed by atoms with Crippen LogP contribution in [0.4, 0.5) is 0 Å². The zero-order valence-corrected chi connectivity index (χ0v) is 15.5. The number of hydrogen-bond donors (Lipinski definition) is 1. The predicted molar refractivity (Wildman–Crippen MR) is 99.4 cm³/mol. The third-order valence-electron chi connectivity index (χ3n) is 5.48. The van der Waals surface area contributed by atoms with Crippen molar-refractivity contribution < 1.29 is 0 Å². The molecule has 0 amide bonds. The molecule has 0 bridgehead atoms. The number of nitrogens with two attached hydrogens (primary N) is 1. The molecule has 23 heavy (non-hydrogen) atoms. The molecule has 3 atom stereocenters. The Morgan fingerprint density at radius 1 is 1.26 bits per heavy atom. The summed E-state index contributed by atoms with van der Waals surface area (Å²) in [7, 11) is 2.24. The summed E-state index contributed by atoms with van der Waals surface area (Å²) < 4.78 is 0. The molecule has 2 N–H and O–H groups in total. The zero-order valence-electron chi connectivity index (χ0n) is 15.5. The molecule has 2 rings (SSSR count). The van der Waals surface area contributed by atoms with Gasteiger partial charge in [-0.05, 0) is 50.4 Å². The molecule has 1 aliphatic heterocycles. The molecule has 0 saturated carbocycles. The largest absolute Gasteiger partial charge is 0.329 e. The van der Waals surface area contributed by atoms with Crippen molar-refractivity contribution in [2.75, 3.05) is 26.7 Å². The molecule has 3 unspecified atom stereocenters.